The van der Waals surface area contributed by atoms with E-state index in [2.05, 4.69) is 73.4 Å². The monoisotopic (exact) mass is 635 g/mol. The Bertz CT molecular complexity index is 2150. The third-order valence-electron chi connectivity index (χ3n) is 7.17. The fraction of sp³-hybridized carbons (Fsp3) is 0.103. The van der Waals surface area contributed by atoms with Gasteiger partial charge in [0.05, 0.1) is 29.0 Å². The molecule has 0 aliphatic rings. The number of allylic oxidation sites excluding steroid dienone is 6. The van der Waals surface area contributed by atoms with Gasteiger partial charge in [0.15, 0.2) is 5.65 Å². The minimum atomic E-state index is -0.0556. The smallest absolute Gasteiger partial charge is 0.224 e. The molecule has 3 N–H and O–H groups in total. The first-order chi connectivity index (χ1) is 23.3. The van der Waals surface area contributed by atoms with E-state index >= 15 is 0 Å². The van der Waals surface area contributed by atoms with Crippen LogP contribution in [0, 0.1) is 0 Å². The predicted molar refractivity (Wildman–Crippen MR) is 197 cm³/mol. The zero-order valence-corrected chi connectivity index (χ0v) is 27.2. The summed E-state index contributed by atoms with van der Waals surface area (Å²) in [4.78, 5) is 36.8. The van der Waals surface area contributed by atoms with Crippen molar-refractivity contribution < 1.29 is 9.59 Å². The number of nitrogens with one attached hydrogen (secondary N) is 3. The number of carbonyl (C=O) groups is 1. The number of H-pyrrole nitrogens is 2. The molecule has 0 bridgehead atoms. The van der Waals surface area contributed by atoms with Crippen LogP contribution in [-0.4, -0.2) is 42.0 Å². The van der Waals surface area contributed by atoms with E-state index in [0.29, 0.717) is 17.8 Å². The Morgan fingerprint density at radius 1 is 1.02 bits per heavy atom. The molecule has 6 aromatic rings. The van der Waals surface area contributed by atoms with Gasteiger partial charge in [-0.05, 0) is 73.5 Å². The number of aromatic nitrogens is 6. The number of hydrogen-bond donors (Lipinski definition) is 3. The van der Waals surface area contributed by atoms with E-state index in [0.717, 1.165) is 61.2 Å². The summed E-state index contributed by atoms with van der Waals surface area (Å²) in [6.07, 6.45) is 15.1. The molecule has 240 valence electrons. The van der Waals surface area contributed by atoms with E-state index in [1.54, 1.807) is 30.9 Å². The second kappa shape index (κ2) is 16.7. The number of rotatable bonds is 8. The van der Waals surface area contributed by atoms with Gasteiger partial charge in [-0.25, -0.2) is 9.78 Å². The Morgan fingerprint density at radius 3 is 2.52 bits per heavy atom. The summed E-state index contributed by atoms with van der Waals surface area (Å²) in [6.45, 7) is 16.3. The van der Waals surface area contributed by atoms with E-state index < -0.39 is 0 Å². The van der Waals surface area contributed by atoms with Crippen molar-refractivity contribution in [3.63, 3.8) is 0 Å². The van der Waals surface area contributed by atoms with E-state index in [-0.39, 0.29) is 5.91 Å². The number of carbonyl (C=O) groups excluding carboxylic acids is 2. The topological polar surface area (TPSA) is 129 Å². The summed E-state index contributed by atoms with van der Waals surface area (Å²) in [5.74, 6) is 1.19. The maximum absolute atomic E-state index is 11.8. The van der Waals surface area contributed by atoms with Crippen LogP contribution in [0.2, 0.25) is 0 Å². The highest BCUT2D eigenvalue weighted by Gasteiger charge is 2.15. The van der Waals surface area contributed by atoms with Gasteiger partial charge >= 0.3 is 0 Å². The van der Waals surface area contributed by atoms with E-state index in [1.807, 2.05) is 75.4 Å². The molecule has 5 heterocycles. The lowest BCUT2D eigenvalue weighted by Gasteiger charge is -2.06. The van der Waals surface area contributed by atoms with Crippen LogP contribution < -0.4 is 5.32 Å². The summed E-state index contributed by atoms with van der Waals surface area (Å²) in [5.41, 5.74) is 10.00. The van der Waals surface area contributed by atoms with Crippen molar-refractivity contribution in [2.24, 2.45) is 0 Å². The van der Waals surface area contributed by atoms with Gasteiger partial charge in [0, 0.05) is 52.4 Å². The molecule has 0 fully saturated rings. The Morgan fingerprint density at radius 2 is 1.81 bits per heavy atom. The standard InChI is InChI=1S/C27H24N6O.C10H11N.C2H2O/c1-4-7-16(3)20-8-6-9-23-21(20)12-24(31-23)26-22-11-18(14-29-27(22)33-32-26)17-10-19(15-28-13-17)30-25(34)5-2;1-3-6-9(2)10-7-4-5-8-11-10;1-2-3/h4,6-15,31H,3,5H2,1-2H3,(H,30,34)(H,29,32,33);3-8H,1H2,2H3;1H2/b7-4-;9-6+;. The van der Waals surface area contributed by atoms with Gasteiger partial charge < -0.3 is 10.3 Å². The Kier molecular flexibility index (Phi) is 12.0. The molecule has 5 aromatic heterocycles. The number of amides is 1. The second-order valence-corrected chi connectivity index (χ2v) is 10.5. The van der Waals surface area contributed by atoms with Crippen molar-refractivity contribution in [1.29, 1.82) is 0 Å². The molecule has 0 spiro atoms. The first kappa shape index (κ1) is 34.4. The quantitative estimate of drug-likeness (QED) is 0.113. The zero-order chi connectivity index (χ0) is 34.5. The predicted octanol–water partition coefficient (Wildman–Crippen LogP) is 8.78. The molecule has 9 nitrogen and oxygen atoms in total. The summed E-state index contributed by atoms with van der Waals surface area (Å²) >= 11 is 0. The van der Waals surface area contributed by atoms with E-state index in [1.165, 1.54) is 5.94 Å². The largest absolute Gasteiger partial charge is 0.353 e. The van der Waals surface area contributed by atoms with Crippen molar-refractivity contribution in [3.8, 4) is 22.5 Å². The molecule has 0 saturated heterocycles. The Labute approximate surface area is 279 Å². The molecule has 0 unspecified atom stereocenters. The van der Waals surface area contributed by atoms with Gasteiger partial charge in [-0.15, -0.1) is 0 Å². The molecule has 0 atom stereocenters. The van der Waals surface area contributed by atoms with Crippen molar-refractivity contribution in [1.82, 2.24) is 30.1 Å². The van der Waals surface area contributed by atoms with Crippen LogP contribution in [0.25, 0.3) is 55.6 Å². The van der Waals surface area contributed by atoms with Crippen LogP contribution in [0.4, 0.5) is 5.69 Å². The number of anilines is 1. The van der Waals surface area contributed by atoms with Crippen molar-refractivity contribution in [3.05, 3.63) is 135 Å². The molecule has 0 saturated carbocycles. The third kappa shape index (κ3) is 8.42. The van der Waals surface area contributed by atoms with Crippen LogP contribution >= 0.6 is 0 Å². The van der Waals surface area contributed by atoms with E-state index in [9.17, 15) is 4.79 Å². The molecular formula is C39H37N7O2. The van der Waals surface area contributed by atoms with Gasteiger partial charge in [-0.1, -0.05) is 62.6 Å². The normalized spacial score (nSPS) is 10.9. The maximum atomic E-state index is 11.8. The Balaban J connectivity index is 0.000000312. The minimum Gasteiger partial charge on any atom is -0.353 e. The van der Waals surface area contributed by atoms with Gasteiger partial charge in [-0.2, -0.15) is 5.10 Å². The summed E-state index contributed by atoms with van der Waals surface area (Å²) in [5, 5.41) is 12.4. The molecule has 0 radical (unpaired) electrons. The van der Waals surface area contributed by atoms with E-state index in [4.69, 9.17) is 4.79 Å². The number of aromatic amines is 2. The van der Waals surface area contributed by atoms with Crippen LogP contribution in [0.15, 0.2) is 123 Å². The second-order valence-electron chi connectivity index (χ2n) is 10.5. The van der Waals surface area contributed by atoms with Gasteiger partial charge in [0.1, 0.15) is 5.94 Å². The highest BCUT2D eigenvalue weighted by atomic mass is 16.1. The molecule has 6 rings (SSSR count). The van der Waals surface area contributed by atoms with Crippen molar-refractivity contribution in [2.45, 2.75) is 27.2 Å². The number of benzene rings is 1. The molecule has 0 aliphatic heterocycles. The van der Waals surface area contributed by atoms with Crippen LogP contribution in [0.5, 0.6) is 0 Å². The fourth-order valence-corrected chi connectivity index (χ4v) is 4.90. The number of hydrogen-bond acceptors (Lipinski definition) is 6. The first-order valence-corrected chi connectivity index (χ1v) is 15.2. The SMILES string of the molecule is C=C(/C=C\C)c1cccc2[nH]c(-c3[nH]nc4ncc(-c5cncc(NC(=O)CC)c5)cc34)cc12.C=C/C=C(\C)c1ccccn1.C=C=O. The summed E-state index contributed by atoms with van der Waals surface area (Å²) in [7, 11) is 0. The molecule has 0 aliphatic carbocycles. The van der Waals surface area contributed by atoms with Gasteiger partial charge in [0.25, 0.3) is 0 Å². The highest BCUT2D eigenvalue weighted by molar-refractivity contribution is 6.00. The third-order valence-corrected chi connectivity index (χ3v) is 7.17. The van der Waals surface area contributed by atoms with Crippen LogP contribution in [0.1, 0.15) is 38.4 Å². The lowest BCUT2D eigenvalue weighted by atomic mass is 10.0. The zero-order valence-electron chi connectivity index (χ0n) is 27.2. The number of fused-ring (bicyclic) bond motifs is 2. The summed E-state index contributed by atoms with van der Waals surface area (Å²) in [6, 6.07) is 18.1. The molecule has 9 heteroatoms. The average molecular weight is 636 g/mol. The number of pyridine rings is 3. The lowest BCUT2D eigenvalue weighted by molar-refractivity contribution is -0.115. The minimum absolute atomic E-state index is 0.0556. The Hall–Kier alpha value is -6.44. The molecule has 1 amide bonds. The van der Waals surface area contributed by atoms with Crippen LogP contribution in [0.3, 0.4) is 0 Å². The first-order valence-electron chi connectivity index (χ1n) is 15.2. The van der Waals surface area contributed by atoms with Crippen molar-refractivity contribution in [2.75, 3.05) is 5.32 Å². The average Bonchev–Trinajstić information content (AvgIpc) is 3.73. The highest BCUT2D eigenvalue weighted by Crippen LogP contribution is 2.33. The fourth-order valence-electron chi connectivity index (χ4n) is 4.90. The van der Waals surface area contributed by atoms with Crippen LogP contribution in [-0.2, 0) is 9.59 Å². The molecule has 1 aromatic carbocycles. The molecule has 48 heavy (non-hydrogen) atoms. The molecular weight excluding hydrogens is 598 g/mol. The lowest BCUT2D eigenvalue weighted by Crippen LogP contribution is -2.09. The maximum Gasteiger partial charge on any atom is 0.224 e. The summed E-state index contributed by atoms with van der Waals surface area (Å²) < 4.78 is 0. The van der Waals surface area contributed by atoms with Gasteiger partial charge in [-0.3, -0.25) is 19.9 Å². The number of nitrogens with zero attached hydrogens (tertiary/aromatic N) is 4. The van der Waals surface area contributed by atoms with Gasteiger partial charge in [0.2, 0.25) is 5.91 Å². The van der Waals surface area contributed by atoms with Crippen molar-refractivity contribution >= 4 is 50.6 Å².